The molecule has 1 aromatic heterocycles. The van der Waals surface area contributed by atoms with Crippen LogP contribution in [0.25, 0.3) is 11.5 Å². The number of hydrogen-bond donors (Lipinski definition) is 1. The summed E-state index contributed by atoms with van der Waals surface area (Å²) in [5.74, 6) is 0.282. The van der Waals surface area contributed by atoms with Gasteiger partial charge in [0.1, 0.15) is 5.75 Å². The van der Waals surface area contributed by atoms with E-state index in [1.54, 1.807) is 16.4 Å². The number of aromatic nitrogens is 2. The first-order valence-corrected chi connectivity index (χ1v) is 12.3. The summed E-state index contributed by atoms with van der Waals surface area (Å²) in [7, 11) is -2.07. The summed E-state index contributed by atoms with van der Waals surface area (Å²) in [4.78, 5) is 12.8. The fraction of sp³-hybridized carbons (Fsp3) is 0.348. The van der Waals surface area contributed by atoms with E-state index in [9.17, 15) is 13.2 Å². The molecule has 1 fully saturated rings. The first-order chi connectivity index (χ1) is 15.9. The Bertz CT molecular complexity index is 1220. The molecule has 1 N–H and O–H groups in total. The van der Waals surface area contributed by atoms with E-state index in [2.05, 4.69) is 15.5 Å². The minimum atomic E-state index is -3.61. The number of nitrogens with zero attached hydrogens (tertiary/aromatic N) is 3. The standard InChI is InChI=1S/C23H26N4O5S/c1-3-17-8-6-7-15-27(17)33(29,30)18-13-11-16(12-14-18)21(28)24-23-26-25-22(32-23)19-9-4-5-10-20(19)31-2/h4-5,9-14,17H,3,6-8,15H2,1-2H3,(H,24,26,28)/t17-/m1/s1. The third kappa shape index (κ3) is 4.76. The SMILES string of the molecule is CC[C@@H]1CCCCN1S(=O)(=O)c1ccc(C(=O)Nc2nnc(-c3ccccc3OC)o2)cc1. The second-order valence-electron chi connectivity index (χ2n) is 7.76. The third-order valence-corrected chi connectivity index (χ3v) is 7.72. The molecule has 1 atom stereocenters. The molecule has 0 unspecified atom stereocenters. The molecule has 1 aliphatic heterocycles. The predicted octanol–water partition coefficient (Wildman–Crippen LogP) is 3.95. The Morgan fingerprint density at radius 2 is 1.91 bits per heavy atom. The maximum Gasteiger partial charge on any atom is 0.322 e. The van der Waals surface area contributed by atoms with Gasteiger partial charge in [0.15, 0.2) is 0 Å². The van der Waals surface area contributed by atoms with Gasteiger partial charge >= 0.3 is 6.01 Å². The van der Waals surface area contributed by atoms with Gasteiger partial charge in [0.2, 0.25) is 10.0 Å². The van der Waals surface area contributed by atoms with Gasteiger partial charge in [-0.3, -0.25) is 10.1 Å². The average Bonchev–Trinajstić information content (AvgIpc) is 3.32. The number of nitrogens with one attached hydrogen (secondary N) is 1. The minimum absolute atomic E-state index is 0.0155. The molecule has 2 heterocycles. The molecule has 1 saturated heterocycles. The summed E-state index contributed by atoms with van der Waals surface area (Å²) in [5.41, 5.74) is 0.877. The quantitative estimate of drug-likeness (QED) is 0.556. The van der Waals surface area contributed by atoms with Crippen molar-refractivity contribution in [3.05, 3.63) is 54.1 Å². The number of para-hydroxylation sites is 1. The monoisotopic (exact) mass is 470 g/mol. The third-order valence-electron chi connectivity index (χ3n) is 5.75. The van der Waals surface area contributed by atoms with E-state index in [4.69, 9.17) is 9.15 Å². The van der Waals surface area contributed by atoms with Gasteiger partial charge in [-0.25, -0.2) is 8.42 Å². The van der Waals surface area contributed by atoms with Crippen LogP contribution in [0.15, 0.2) is 57.8 Å². The Morgan fingerprint density at radius 3 is 2.64 bits per heavy atom. The number of methoxy groups -OCH3 is 1. The highest BCUT2D eigenvalue weighted by molar-refractivity contribution is 7.89. The van der Waals surface area contributed by atoms with Gasteiger partial charge in [-0.05, 0) is 55.7 Å². The van der Waals surface area contributed by atoms with Crippen molar-refractivity contribution < 1.29 is 22.4 Å². The lowest BCUT2D eigenvalue weighted by Gasteiger charge is -2.34. The number of carbonyl (C=O) groups excluding carboxylic acids is 1. The maximum absolute atomic E-state index is 13.1. The van der Waals surface area contributed by atoms with Crippen LogP contribution in [0.2, 0.25) is 0 Å². The zero-order valence-corrected chi connectivity index (χ0v) is 19.3. The number of sulfonamides is 1. The Hall–Kier alpha value is -3.24. The van der Waals surface area contributed by atoms with Crippen molar-refractivity contribution in [1.82, 2.24) is 14.5 Å². The van der Waals surface area contributed by atoms with Crippen molar-refractivity contribution in [1.29, 1.82) is 0 Å². The number of hydrogen-bond acceptors (Lipinski definition) is 7. The number of anilines is 1. The first-order valence-electron chi connectivity index (χ1n) is 10.8. The Labute approximate surface area is 192 Å². The molecule has 3 aromatic rings. The number of benzene rings is 2. The summed E-state index contributed by atoms with van der Waals surface area (Å²) < 4.78 is 38.6. The van der Waals surface area contributed by atoms with E-state index in [-0.39, 0.29) is 28.4 Å². The summed E-state index contributed by atoms with van der Waals surface area (Å²) in [6, 6.07) is 13.0. The summed E-state index contributed by atoms with van der Waals surface area (Å²) in [5, 5.41) is 10.4. The van der Waals surface area contributed by atoms with E-state index in [0.717, 1.165) is 25.7 Å². The molecule has 0 aliphatic carbocycles. The molecule has 0 spiro atoms. The first kappa shape index (κ1) is 22.9. The molecule has 0 radical (unpaired) electrons. The van der Waals surface area contributed by atoms with Crippen molar-refractivity contribution in [3.63, 3.8) is 0 Å². The second kappa shape index (κ2) is 9.72. The largest absolute Gasteiger partial charge is 0.496 e. The fourth-order valence-corrected chi connectivity index (χ4v) is 5.75. The highest BCUT2D eigenvalue weighted by Crippen LogP contribution is 2.30. The maximum atomic E-state index is 13.1. The highest BCUT2D eigenvalue weighted by atomic mass is 32.2. The van der Waals surface area contributed by atoms with Crippen molar-refractivity contribution in [2.24, 2.45) is 0 Å². The molecule has 1 aliphatic rings. The van der Waals surface area contributed by atoms with Crippen LogP contribution < -0.4 is 10.1 Å². The van der Waals surface area contributed by atoms with Crippen molar-refractivity contribution in [2.45, 2.75) is 43.5 Å². The molecule has 9 nitrogen and oxygen atoms in total. The molecule has 4 rings (SSSR count). The number of carbonyl (C=O) groups is 1. The van der Waals surface area contributed by atoms with E-state index in [1.165, 1.54) is 31.4 Å². The van der Waals surface area contributed by atoms with Crippen LogP contribution >= 0.6 is 0 Å². The molecule has 10 heteroatoms. The van der Waals surface area contributed by atoms with Gasteiger partial charge in [0.05, 0.1) is 17.6 Å². The van der Waals surface area contributed by atoms with Crippen LogP contribution in [0.5, 0.6) is 5.75 Å². The lowest BCUT2D eigenvalue weighted by molar-refractivity contribution is 0.102. The van der Waals surface area contributed by atoms with Gasteiger partial charge < -0.3 is 9.15 Å². The summed E-state index contributed by atoms with van der Waals surface area (Å²) >= 11 is 0. The number of amides is 1. The van der Waals surface area contributed by atoms with E-state index < -0.39 is 15.9 Å². The van der Waals surface area contributed by atoms with Crippen LogP contribution in [-0.2, 0) is 10.0 Å². The molecule has 1 amide bonds. The zero-order valence-electron chi connectivity index (χ0n) is 18.5. The van der Waals surface area contributed by atoms with E-state index in [1.807, 2.05) is 19.1 Å². The summed E-state index contributed by atoms with van der Waals surface area (Å²) in [6.07, 6.45) is 3.55. The van der Waals surface area contributed by atoms with Crippen LogP contribution in [0, 0.1) is 0 Å². The van der Waals surface area contributed by atoms with Gasteiger partial charge in [-0.2, -0.15) is 4.31 Å². The molecular weight excluding hydrogens is 444 g/mol. The average molecular weight is 471 g/mol. The Balaban J connectivity index is 1.48. The smallest absolute Gasteiger partial charge is 0.322 e. The van der Waals surface area contributed by atoms with Crippen molar-refractivity contribution in [3.8, 4) is 17.2 Å². The highest BCUT2D eigenvalue weighted by Gasteiger charge is 2.32. The number of ether oxygens (including phenoxy) is 1. The van der Waals surface area contributed by atoms with Gasteiger partial charge in [-0.15, -0.1) is 5.10 Å². The predicted molar refractivity (Wildman–Crippen MR) is 123 cm³/mol. The minimum Gasteiger partial charge on any atom is -0.496 e. The van der Waals surface area contributed by atoms with Gasteiger partial charge in [-0.1, -0.05) is 30.6 Å². The molecule has 33 heavy (non-hydrogen) atoms. The molecule has 0 saturated carbocycles. The normalized spacial score (nSPS) is 17.0. The van der Waals surface area contributed by atoms with Crippen molar-refractivity contribution >= 4 is 21.9 Å². The second-order valence-corrected chi connectivity index (χ2v) is 9.66. The van der Waals surface area contributed by atoms with Crippen LogP contribution in [-0.4, -0.2) is 48.5 Å². The summed E-state index contributed by atoms with van der Waals surface area (Å²) in [6.45, 7) is 2.53. The van der Waals surface area contributed by atoms with E-state index in [0.29, 0.717) is 17.9 Å². The topological polar surface area (TPSA) is 115 Å². The van der Waals surface area contributed by atoms with Crippen LogP contribution in [0.1, 0.15) is 43.0 Å². The molecular formula is C23H26N4O5S. The molecule has 2 aromatic carbocycles. The molecule has 0 bridgehead atoms. The van der Waals surface area contributed by atoms with Gasteiger partial charge in [0, 0.05) is 18.2 Å². The molecule has 174 valence electrons. The van der Waals surface area contributed by atoms with E-state index >= 15 is 0 Å². The Kier molecular flexibility index (Phi) is 6.75. The Morgan fingerprint density at radius 1 is 1.15 bits per heavy atom. The van der Waals surface area contributed by atoms with Crippen molar-refractivity contribution in [2.75, 3.05) is 19.0 Å². The van der Waals surface area contributed by atoms with Crippen LogP contribution in [0.3, 0.4) is 0 Å². The number of piperidine rings is 1. The zero-order chi connectivity index (χ0) is 23.4. The lowest BCUT2D eigenvalue weighted by Crippen LogP contribution is -2.43. The van der Waals surface area contributed by atoms with Crippen LogP contribution in [0.4, 0.5) is 6.01 Å². The lowest BCUT2D eigenvalue weighted by atomic mass is 10.0. The fourth-order valence-electron chi connectivity index (χ4n) is 3.99. The number of rotatable bonds is 7. The van der Waals surface area contributed by atoms with Gasteiger partial charge in [0.25, 0.3) is 11.8 Å².